The number of amides is 1. The van der Waals surface area contributed by atoms with Crippen molar-refractivity contribution in [3.63, 3.8) is 0 Å². The maximum atomic E-state index is 13.6. The van der Waals surface area contributed by atoms with Crippen LogP contribution in [-0.4, -0.2) is 74.0 Å². The summed E-state index contributed by atoms with van der Waals surface area (Å²) < 4.78 is 11.5. The van der Waals surface area contributed by atoms with Crippen molar-refractivity contribution in [2.45, 2.75) is 50.4 Å². The van der Waals surface area contributed by atoms with Gasteiger partial charge >= 0.3 is 0 Å². The van der Waals surface area contributed by atoms with Crippen LogP contribution in [-0.2, 0) is 9.53 Å². The lowest BCUT2D eigenvalue weighted by Gasteiger charge is -2.30. The summed E-state index contributed by atoms with van der Waals surface area (Å²) in [6, 6.07) is 19.9. The van der Waals surface area contributed by atoms with Gasteiger partial charge in [0.15, 0.2) is 0 Å². The Balaban J connectivity index is 1.13. The molecule has 0 unspecified atom stereocenters. The molecule has 1 amide bonds. The van der Waals surface area contributed by atoms with Crippen LogP contribution in [0.2, 0.25) is 5.02 Å². The topological polar surface area (TPSA) is 74.3 Å². The Bertz CT molecular complexity index is 1340. The van der Waals surface area contributed by atoms with Crippen LogP contribution in [0.25, 0.3) is 10.8 Å². The second-order valence-corrected chi connectivity index (χ2v) is 12.1. The molecule has 0 bridgehead atoms. The Morgan fingerprint density at radius 3 is 2.56 bits per heavy atom. The number of hydrogen-bond donors (Lipinski definition) is 2. The fraction of sp³-hybridized carbons (Fsp3) is 0.485. The van der Waals surface area contributed by atoms with E-state index in [1.807, 2.05) is 12.1 Å². The van der Waals surface area contributed by atoms with Gasteiger partial charge in [-0.1, -0.05) is 48.0 Å². The molecule has 3 heterocycles. The number of carbonyl (C=O) groups is 1. The Morgan fingerprint density at radius 1 is 1.00 bits per heavy atom. The second kappa shape index (κ2) is 13.0. The lowest BCUT2D eigenvalue weighted by molar-refractivity contribution is -0.126. The first-order valence-electron chi connectivity index (χ1n) is 15.0. The van der Waals surface area contributed by atoms with Gasteiger partial charge in [-0.15, -0.1) is 0 Å². The normalized spacial score (nSPS) is 21.7. The molecule has 0 aliphatic carbocycles. The summed E-state index contributed by atoms with van der Waals surface area (Å²) in [5.41, 5.74) is 1.83. The van der Waals surface area contributed by atoms with Gasteiger partial charge in [0.1, 0.15) is 18.0 Å². The minimum absolute atomic E-state index is 0.00195. The molecule has 3 aliphatic heterocycles. The van der Waals surface area contributed by atoms with Crippen molar-refractivity contribution in [1.82, 2.24) is 10.2 Å². The predicted molar refractivity (Wildman–Crippen MR) is 163 cm³/mol. The molecule has 0 radical (unpaired) electrons. The summed E-state index contributed by atoms with van der Waals surface area (Å²) in [6.07, 6.45) is 3.95. The summed E-state index contributed by atoms with van der Waals surface area (Å²) in [6.45, 7) is 5.45. The van der Waals surface area contributed by atoms with Crippen LogP contribution in [0.15, 0.2) is 60.7 Å². The summed E-state index contributed by atoms with van der Waals surface area (Å²) in [5.74, 6) is 0.491. The number of ether oxygens (including phenoxy) is 2. The summed E-state index contributed by atoms with van der Waals surface area (Å²) >= 11 is 6.62. The van der Waals surface area contributed by atoms with E-state index in [0.717, 1.165) is 57.4 Å². The van der Waals surface area contributed by atoms with Gasteiger partial charge in [-0.2, -0.15) is 0 Å². The first-order chi connectivity index (χ1) is 20.0. The number of halogens is 1. The number of aliphatic hydroxyl groups is 1. The average molecular weight is 578 g/mol. The number of fused-ring (bicyclic) bond motifs is 1. The highest BCUT2D eigenvalue weighted by atomic mass is 35.5. The number of nitrogens with zero attached hydrogens (tertiary/aromatic N) is 2. The van der Waals surface area contributed by atoms with Gasteiger partial charge in [0.05, 0.1) is 30.2 Å². The number of rotatable bonds is 9. The maximum Gasteiger partial charge on any atom is 0.225 e. The molecule has 0 saturated carbocycles. The first-order valence-corrected chi connectivity index (χ1v) is 15.4. The van der Waals surface area contributed by atoms with Crippen LogP contribution in [0.1, 0.15) is 43.8 Å². The highest BCUT2D eigenvalue weighted by molar-refractivity contribution is 6.32. The standard InChI is InChI=1S/C33H40ClN3O4/c34-29-20-25(8-10-31(29)41-28-12-17-40-18-13-28)32(38)30(22-36-14-3-4-15-36)35-33(39)26-11-16-37(21-26)27-9-7-23-5-1-2-6-24(23)19-27/h1-2,5-10,19-20,26,28,30,32,38H,3-4,11-18,21-22H2,(H,35,39)/t26-,30-,32-/m1/s1. The van der Waals surface area contributed by atoms with Gasteiger partial charge in [-0.25, -0.2) is 0 Å². The zero-order chi connectivity index (χ0) is 28.2. The van der Waals surface area contributed by atoms with E-state index in [4.69, 9.17) is 21.1 Å². The Hall–Kier alpha value is -2.84. The molecule has 41 heavy (non-hydrogen) atoms. The predicted octanol–water partition coefficient (Wildman–Crippen LogP) is 5.19. The van der Waals surface area contributed by atoms with Crippen molar-refractivity contribution in [2.75, 3.05) is 50.8 Å². The monoisotopic (exact) mass is 577 g/mol. The molecule has 8 heteroatoms. The SMILES string of the molecule is O=C(N[C@H](CN1CCCC1)[C@H](O)c1ccc(OC2CCOCC2)c(Cl)c1)[C@@H]1CCN(c2ccc3ccccc3c2)C1. The smallest absolute Gasteiger partial charge is 0.225 e. The number of likely N-dealkylation sites (tertiary alicyclic amines) is 1. The van der Waals surface area contributed by atoms with E-state index >= 15 is 0 Å². The molecule has 3 saturated heterocycles. The van der Waals surface area contributed by atoms with Gasteiger partial charge < -0.3 is 29.7 Å². The summed E-state index contributed by atoms with van der Waals surface area (Å²) in [4.78, 5) is 18.2. The Kier molecular flexibility index (Phi) is 8.96. The zero-order valence-corrected chi connectivity index (χ0v) is 24.3. The maximum absolute atomic E-state index is 13.6. The fourth-order valence-corrected chi connectivity index (χ4v) is 6.59. The van der Waals surface area contributed by atoms with E-state index in [-0.39, 0.29) is 17.9 Å². The third-order valence-corrected chi connectivity index (χ3v) is 9.07. The lowest BCUT2D eigenvalue weighted by Crippen LogP contribution is -2.48. The molecule has 3 aliphatic rings. The number of aliphatic hydroxyl groups excluding tert-OH is 1. The van der Waals surface area contributed by atoms with Gasteiger partial charge in [0.2, 0.25) is 5.91 Å². The van der Waals surface area contributed by atoms with Crippen LogP contribution >= 0.6 is 11.6 Å². The highest BCUT2D eigenvalue weighted by Crippen LogP contribution is 2.32. The third kappa shape index (κ3) is 6.81. The molecule has 218 valence electrons. The van der Waals surface area contributed by atoms with Crippen LogP contribution in [0.5, 0.6) is 5.75 Å². The molecule has 6 rings (SSSR count). The molecule has 3 fully saturated rings. The number of nitrogens with one attached hydrogen (secondary N) is 1. The van der Waals surface area contributed by atoms with Gasteiger partial charge in [-0.3, -0.25) is 4.79 Å². The van der Waals surface area contributed by atoms with Gasteiger partial charge in [-0.05, 0) is 73.0 Å². The van der Waals surface area contributed by atoms with Crippen LogP contribution in [0.4, 0.5) is 5.69 Å². The molecule has 7 nitrogen and oxygen atoms in total. The van der Waals surface area contributed by atoms with Crippen molar-refractivity contribution >= 4 is 34.0 Å². The quantitative estimate of drug-likeness (QED) is 0.365. The number of hydrogen-bond acceptors (Lipinski definition) is 6. The van der Waals surface area contributed by atoms with Crippen molar-refractivity contribution in [2.24, 2.45) is 5.92 Å². The molecule has 3 aromatic carbocycles. The zero-order valence-electron chi connectivity index (χ0n) is 23.5. The summed E-state index contributed by atoms with van der Waals surface area (Å²) in [5, 5.41) is 17.7. The van der Waals surface area contributed by atoms with Crippen LogP contribution < -0.4 is 15.0 Å². The van der Waals surface area contributed by atoms with Crippen molar-refractivity contribution < 1.29 is 19.4 Å². The van der Waals surface area contributed by atoms with E-state index in [0.29, 0.717) is 42.6 Å². The molecular formula is C33H40ClN3O4. The molecule has 2 N–H and O–H groups in total. The van der Waals surface area contributed by atoms with Crippen LogP contribution in [0, 0.1) is 5.92 Å². The number of anilines is 1. The minimum Gasteiger partial charge on any atom is -0.489 e. The molecule has 3 aromatic rings. The summed E-state index contributed by atoms with van der Waals surface area (Å²) in [7, 11) is 0. The van der Waals surface area contributed by atoms with E-state index in [1.54, 1.807) is 6.07 Å². The minimum atomic E-state index is -0.882. The Labute approximate surface area is 247 Å². The van der Waals surface area contributed by atoms with E-state index in [2.05, 4.69) is 57.6 Å². The van der Waals surface area contributed by atoms with E-state index in [9.17, 15) is 9.90 Å². The largest absolute Gasteiger partial charge is 0.489 e. The fourth-order valence-electron chi connectivity index (χ4n) is 6.35. The Morgan fingerprint density at radius 2 is 1.78 bits per heavy atom. The van der Waals surface area contributed by atoms with Crippen molar-refractivity contribution in [3.8, 4) is 5.75 Å². The van der Waals surface area contributed by atoms with Crippen LogP contribution in [0.3, 0.4) is 0 Å². The van der Waals surface area contributed by atoms with Crippen molar-refractivity contribution in [3.05, 3.63) is 71.2 Å². The molecule has 3 atom stereocenters. The lowest BCUT2D eigenvalue weighted by atomic mass is 9.99. The highest BCUT2D eigenvalue weighted by Gasteiger charge is 2.33. The van der Waals surface area contributed by atoms with E-state index in [1.165, 1.54) is 10.8 Å². The number of benzene rings is 3. The van der Waals surface area contributed by atoms with Crippen molar-refractivity contribution in [1.29, 1.82) is 0 Å². The third-order valence-electron chi connectivity index (χ3n) is 8.78. The second-order valence-electron chi connectivity index (χ2n) is 11.7. The van der Waals surface area contributed by atoms with Gasteiger partial charge in [0, 0.05) is 38.2 Å². The molecule has 0 spiro atoms. The molecular weight excluding hydrogens is 538 g/mol. The first kappa shape index (κ1) is 28.3. The molecule has 0 aromatic heterocycles. The average Bonchev–Trinajstić information content (AvgIpc) is 3.71. The number of carbonyl (C=O) groups excluding carboxylic acids is 1. The van der Waals surface area contributed by atoms with E-state index < -0.39 is 12.1 Å². The van der Waals surface area contributed by atoms with Gasteiger partial charge in [0.25, 0.3) is 0 Å².